The van der Waals surface area contributed by atoms with E-state index in [9.17, 15) is 9.59 Å². The molecule has 1 unspecified atom stereocenters. The van der Waals surface area contributed by atoms with Gasteiger partial charge in [-0.25, -0.2) is 0 Å². The Labute approximate surface area is 72.1 Å². The lowest BCUT2D eigenvalue weighted by molar-refractivity contribution is -0.160. The van der Waals surface area contributed by atoms with E-state index in [0.717, 1.165) is 6.42 Å². The van der Waals surface area contributed by atoms with Gasteiger partial charge in [-0.05, 0) is 11.8 Å². The summed E-state index contributed by atoms with van der Waals surface area (Å²) in [7, 11) is 0. The van der Waals surface area contributed by atoms with Crippen LogP contribution in [0.1, 0.15) is 33.6 Å². The van der Waals surface area contributed by atoms with E-state index in [1.54, 1.807) is 6.92 Å². The van der Waals surface area contributed by atoms with Gasteiger partial charge in [0.25, 0.3) is 0 Å². The molecule has 1 heterocycles. The molecule has 3 heteroatoms. The van der Waals surface area contributed by atoms with Crippen molar-refractivity contribution < 1.29 is 14.3 Å². The average molecular weight is 170 g/mol. The minimum absolute atomic E-state index is 0.108. The molecule has 0 aromatic carbocycles. The summed E-state index contributed by atoms with van der Waals surface area (Å²) >= 11 is 0. The summed E-state index contributed by atoms with van der Waals surface area (Å²) < 4.78 is 4.58. The van der Waals surface area contributed by atoms with Crippen molar-refractivity contribution in [2.24, 2.45) is 11.3 Å². The molecule has 0 bridgehead atoms. The summed E-state index contributed by atoms with van der Waals surface area (Å²) in [4.78, 5) is 22.1. The van der Waals surface area contributed by atoms with Crippen LogP contribution in [0.3, 0.4) is 0 Å². The van der Waals surface area contributed by atoms with Gasteiger partial charge in [-0.2, -0.15) is 0 Å². The molecule has 0 amide bonds. The Balaban J connectivity index is 2.80. The van der Waals surface area contributed by atoms with Crippen LogP contribution in [0, 0.1) is 11.3 Å². The molecule has 0 aliphatic carbocycles. The van der Waals surface area contributed by atoms with Crippen LogP contribution in [0.2, 0.25) is 0 Å². The molecular weight excluding hydrogens is 156 g/mol. The Kier molecular flexibility index (Phi) is 2.22. The first-order chi connectivity index (χ1) is 5.41. The number of ether oxygens (including phenoxy) is 1. The highest BCUT2D eigenvalue weighted by Crippen LogP contribution is 2.32. The van der Waals surface area contributed by atoms with Crippen LogP contribution in [-0.2, 0) is 14.3 Å². The Bertz CT molecular complexity index is 218. The van der Waals surface area contributed by atoms with E-state index in [-0.39, 0.29) is 17.3 Å². The van der Waals surface area contributed by atoms with Crippen molar-refractivity contribution in [3.05, 3.63) is 0 Å². The van der Waals surface area contributed by atoms with Gasteiger partial charge in [-0.3, -0.25) is 9.59 Å². The molecule has 1 aliphatic heterocycles. The fourth-order valence-electron chi connectivity index (χ4n) is 1.62. The van der Waals surface area contributed by atoms with Gasteiger partial charge in [0.1, 0.15) is 0 Å². The SMILES string of the molecule is CC1CC(C)(C)CC(=O)OC1=O. The Morgan fingerprint density at radius 3 is 2.58 bits per heavy atom. The second-order valence-corrected chi connectivity index (χ2v) is 4.24. The van der Waals surface area contributed by atoms with E-state index in [1.165, 1.54) is 0 Å². The predicted molar refractivity (Wildman–Crippen MR) is 43.3 cm³/mol. The van der Waals surface area contributed by atoms with Crippen LogP contribution in [0.4, 0.5) is 0 Å². The first kappa shape index (κ1) is 9.23. The normalized spacial score (nSPS) is 29.4. The van der Waals surface area contributed by atoms with E-state index in [0.29, 0.717) is 6.42 Å². The fourth-order valence-corrected chi connectivity index (χ4v) is 1.62. The van der Waals surface area contributed by atoms with Gasteiger partial charge in [0.05, 0.1) is 12.3 Å². The van der Waals surface area contributed by atoms with Gasteiger partial charge in [0, 0.05) is 0 Å². The number of cyclic esters (lactones) is 2. The third-order valence-electron chi connectivity index (χ3n) is 2.10. The monoisotopic (exact) mass is 170 g/mol. The highest BCUT2D eigenvalue weighted by Gasteiger charge is 2.33. The average Bonchev–Trinajstić information content (AvgIpc) is 1.89. The van der Waals surface area contributed by atoms with E-state index in [4.69, 9.17) is 0 Å². The van der Waals surface area contributed by atoms with E-state index >= 15 is 0 Å². The third kappa shape index (κ3) is 2.06. The predicted octanol–water partition coefficient (Wildman–Crippen LogP) is 1.51. The minimum atomic E-state index is -0.394. The molecule has 12 heavy (non-hydrogen) atoms. The maximum Gasteiger partial charge on any atom is 0.316 e. The summed E-state index contributed by atoms with van der Waals surface area (Å²) in [5, 5.41) is 0. The highest BCUT2D eigenvalue weighted by molar-refractivity contribution is 5.87. The zero-order chi connectivity index (χ0) is 9.35. The van der Waals surface area contributed by atoms with Crippen molar-refractivity contribution in [2.45, 2.75) is 33.6 Å². The van der Waals surface area contributed by atoms with Gasteiger partial charge < -0.3 is 4.74 Å². The Morgan fingerprint density at radius 1 is 1.42 bits per heavy atom. The third-order valence-corrected chi connectivity index (χ3v) is 2.10. The molecule has 1 atom stereocenters. The summed E-state index contributed by atoms with van der Waals surface area (Å²) in [5.41, 5.74) is -0.108. The number of esters is 2. The molecule has 0 N–H and O–H groups in total. The Morgan fingerprint density at radius 2 is 2.00 bits per heavy atom. The lowest BCUT2D eigenvalue weighted by Crippen LogP contribution is -2.16. The van der Waals surface area contributed by atoms with Crippen LogP contribution in [-0.4, -0.2) is 11.9 Å². The second kappa shape index (κ2) is 2.88. The standard InChI is InChI=1S/C9H14O3/c1-6-4-9(2,3)5-7(10)12-8(6)11/h6H,4-5H2,1-3H3. The van der Waals surface area contributed by atoms with Gasteiger partial charge in [0.2, 0.25) is 0 Å². The largest absolute Gasteiger partial charge is 0.393 e. The van der Waals surface area contributed by atoms with Crippen LogP contribution in [0.5, 0.6) is 0 Å². The zero-order valence-electron chi connectivity index (χ0n) is 7.72. The zero-order valence-corrected chi connectivity index (χ0v) is 7.72. The fraction of sp³-hybridized carbons (Fsp3) is 0.778. The number of carbonyl (C=O) groups is 2. The maximum atomic E-state index is 11.1. The first-order valence-corrected chi connectivity index (χ1v) is 4.15. The summed E-state index contributed by atoms with van der Waals surface area (Å²) in [6.07, 6.45) is 1.06. The lowest BCUT2D eigenvalue weighted by Gasteiger charge is -2.20. The van der Waals surface area contributed by atoms with Gasteiger partial charge in [-0.15, -0.1) is 0 Å². The van der Waals surface area contributed by atoms with E-state index in [2.05, 4.69) is 4.74 Å². The molecule has 1 aliphatic rings. The summed E-state index contributed by atoms with van der Waals surface area (Å²) in [6.45, 7) is 5.75. The second-order valence-electron chi connectivity index (χ2n) is 4.24. The number of hydrogen-bond acceptors (Lipinski definition) is 3. The molecule has 1 fully saturated rings. The quantitative estimate of drug-likeness (QED) is 0.409. The van der Waals surface area contributed by atoms with E-state index in [1.807, 2.05) is 13.8 Å². The van der Waals surface area contributed by atoms with Gasteiger partial charge >= 0.3 is 11.9 Å². The van der Waals surface area contributed by atoms with Crippen LogP contribution in [0.25, 0.3) is 0 Å². The molecule has 1 rings (SSSR count). The van der Waals surface area contributed by atoms with Crippen molar-refractivity contribution in [2.75, 3.05) is 0 Å². The number of carbonyl (C=O) groups excluding carboxylic acids is 2. The van der Waals surface area contributed by atoms with E-state index < -0.39 is 5.97 Å². The number of hydrogen-bond donors (Lipinski definition) is 0. The molecular formula is C9H14O3. The van der Waals surface area contributed by atoms with Crippen molar-refractivity contribution in [3.63, 3.8) is 0 Å². The summed E-state index contributed by atoms with van der Waals surface area (Å²) in [6, 6.07) is 0. The first-order valence-electron chi connectivity index (χ1n) is 4.15. The van der Waals surface area contributed by atoms with Crippen LogP contribution < -0.4 is 0 Å². The molecule has 0 aromatic rings. The molecule has 0 aromatic heterocycles. The molecule has 3 nitrogen and oxygen atoms in total. The van der Waals surface area contributed by atoms with Crippen molar-refractivity contribution in [1.29, 1.82) is 0 Å². The molecule has 0 saturated carbocycles. The lowest BCUT2D eigenvalue weighted by atomic mass is 9.81. The molecule has 1 saturated heterocycles. The molecule has 0 radical (unpaired) electrons. The number of rotatable bonds is 0. The molecule has 68 valence electrons. The Hall–Kier alpha value is -0.860. The summed E-state index contributed by atoms with van der Waals surface area (Å²) in [5.74, 6) is -0.939. The molecule has 0 spiro atoms. The minimum Gasteiger partial charge on any atom is -0.393 e. The van der Waals surface area contributed by atoms with Crippen LogP contribution in [0.15, 0.2) is 0 Å². The smallest absolute Gasteiger partial charge is 0.316 e. The van der Waals surface area contributed by atoms with Crippen molar-refractivity contribution >= 4 is 11.9 Å². The topological polar surface area (TPSA) is 43.4 Å². The highest BCUT2D eigenvalue weighted by atomic mass is 16.6. The van der Waals surface area contributed by atoms with Crippen molar-refractivity contribution in [1.82, 2.24) is 0 Å². The van der Waals surface area contributed by atoms with Gasteiger partial charge in [-0.1, -0.05) is 20.8 Å². The van der Waals surface area contributed by atoms with Crippen molar-refractivity contribution in [3.8, 4) is 0 Å². The maximum absolute atomic E-state index is 11.1. The van der Waals surface area contributed by atoms with Gasteiger partial charge in [0.15, 0.2) is 0 Å². The van der Waals surface area contributed by atoms with Crippen LogP contribution >= 0.6 is 0 Å².